The maximum Gasteiger partial charge on any atom is 0.573 e. The van der Waals surface area contributed by atoms with E-state index in [9.17, 15) is 27.6 Å². The number of nitrogens with one attached hydrogen (secondary N) is 5. The van der Waals surface area contributed by atoms with E-state index in [1.165, 1.54) is 19.2 Å². The average Bonchev–Trinajstić information content (AvgIpc) is 3.34. The van der Waals surface area contributed by atoms with Gasteiger partial charge in [0.15, 0.2) is 5.82 Å². The Morgan fingerprint density at radius 3 is 2.05 bits per heavy atom. The Hall–Kier alpha value is -5.53. The first-order valence-electron chi connectivity index (χ1n) is 12.0. The van der Waals surface area contributed by atoms with Crippen molar-refractivity contribution in [1.82, 2.24) is 15.5 Å². The number of hydrogen-bond donors (Lipinski definition) is 6. The number of nitrogens with two attached hydrogens (primary N) is 1. The molecule has 0 atom stereocenters. The van der Waals surface area contributed by atoms with Crippen molar-refractivity contribution in [2.75, 3.05) is 23.0 Å². The van der Waals surface area contributed by atoms with Crippen LogP contribution in [0.4, 0.5) is 40.8 Å². The second-order valence-corrected chi connectivity index (χ2v) is 8.65. The molecule has 7 N–H and O–H groups in total. The summed E-state index contributed by atoms with van der Waals surface area (Å²) in [6.45, 7) is 1.80. The number of alkyl halides is 3. The lowest BCUT2D eigenvalue weighted by molar-refractivity contribution is -0.274. The number of halogens is 3. The summed E-state index contributed by atoms with van der Waals surface area (Å²) in [7, 11) is 1.53. The number of aromatic nitrogens is 2. The van der Waals surface area contributed by atoms with Gasteiger partial charge in [-0.15, -0.1) is 13.2 Å². The van der Waals surface area contributed by atoms with E-state index in [1.54, 1.807) is 49.4 Å². The molecule has 0 bridgehead atoms. The van der Waals surface area contributed by atoms with Crippen LogP contribution in [-0.2, 0) is 0 Å². The normalized spacial score (nSPS) is 11.0. The molecule has 11 nitrogen and oxygen atoms in total. The monoisotopic (exact) mass is 567 g/mol. The minimum atomic E-state index is -4.82. The second kappa shape index (κ2) is 11.7. The van der Waals surface area contributed by atoms with Crippen LogP contribution in [0.2, 0.25) is 0 Å². The number of H-pyrrole nitrogens is 1. The molecule has 0 saturated carbocycles. The molecule has 0 aliphatic heterocycles. The lowest BCUT2D eigenvalue weighted by atomic mass is 10.1. The van der Waals surface area contributed by atoms with Crippen LogP contribution < -0.4 is 31.7 Å². The molecule has 1 aromatic heterocycles. The highest BCUT2D eigenvalue weighted by Crippen LogP contribution is 2.30. The number of aromatic amines is 1. The van der Waals surface area contributed by atoms with Gasteiger partial charge in [0.25, 0.3) is 11.8 Å². The highest BCUT2D eigenvalue weighted by Gasteiger charge is 2.31. The zero-order valence-electron chi connectivity index (χ0n) is 21.6. The summed E-state index contributed by atoms with van der Waals surface area (Å²) in [6.07, 6.45) is -4.82. The number of carbonyl (C=O) groups is 3. The van der Waals surface area contributed by atoms with Gasteiger partial charge in [-0.05, 0) is 61.0 Å². The molecule has 1 heterocycles. The maximum absolute atomic E-state index is 12.3. The van der Waals surface area contributed by atoms with Crippen LogP contribution in [-0.4, -0.2) is 41.5 Å². The first kappa shape index (κ1) is 28.5. The summed E-state index contributed by atoms with van der Waals surface area (Å²) in [5.41, 5.74) is 8.98. The number of nitrogens with zero attached hydrogens (tertiary/aromatic N) is 1. The third kappa shape index (κ3) is 7.11. The molecule has 212 valence electrons. The van der Waals surface area contributed by atoms with Crippen LogP contribution in [0.15, 0.2) is 66.7 Å². The predicted molar refractivity (Wildman–Crippen MR) is 146 cm³/mol. The fourth-order valence-corrected chi connectivity index (χ4v) is 3.85. The molecule has 0 fully saturated rings. The molecule has 0 aliphatic rings. The fraction of sp³-hybridized carbons (Fsp3) is 0.111. The molecule has 0 radical (unpaired) electrons. The van der Waals surface area contributed by atoms with Crippen LogP contribution in [0.1, 0.15) is 26.3 Å². The van der Waals surface area contributed by atoms with Gasteiger partial charge in [0, 0.05) is 35.2 Å². The van der Waals surface area contributed by atoms with Gasteiger partial charge in [0.1, 0.15) is 11.3 Å². The van der Waals surface area contributed by atoms with E-state index in [4.69, 9.17) is 5.73 Å². The summed E-state index contributed by atoms with van der Waals surface area (Å²) in [5.74, 6) is -1.27. The van der Waals surface area contributed by atoms with E-state index in [2.05, 4.69) is 36.2 Å². The Morgan fingerprint density at radius 2 is 1.49 bits per heavy atom. The molecule has 0 spiro atoms. The second-order valence-electron chi connectivity index (χ2n) is 8.65. The number of anilines is 4. The number of carbonyl (C=O) groups excluding carboxylic acids is 3. The van der Waals surface area contributed by atoms with Crippen LogP contribution in [0.3, 0.4) is 0 Å². The van der Waals surface area contributed by atoms with Crippen LogP contribution in [0.25, 0.3) is 11.3 Å². The van der Waals surface area contributed by atoms with Crippen LogP contribution in [0, 0.1) is 6.92 Å². The minimum Gasteiger partial charge on any atom is -0.406 e. The topological polar surface area (TPSA) is 163 Å². The largest absolute Gasteiger partial charge is 0.573 e. The van der Waals surface area contributed by atoms with E-state index in [0.29, 0.717) is 28.2 Å². The Balaban J connectivity index is 1.46. The van der Waals surface area contributed by atoms with Gasteiger partial charge in [-0.1, -0.05) is 18.2 Å². The first-order valence-corrected chi connectivity index (χ1v) is 12.0. The molecule has 0 saturated heterocycles. The summed E-state index contributed by atoms with van der Waals surface area (Å²) in [5, 5.41) is 17.7. The van der Waals surface area contributed by atoms with Gasteiger partial charge >= 0.3 is 12.4 Å². The fourth-order valence-electron chi connectivity index (χ4n) is 3.85. The van der Waals surface area contributed by atoms with Gasteiger partial charge in [-0.25, -0.2) is 4.79 Å². The minimum absolute atomic E-state index is 0.0865. The Morgan fingerprint density at radius 1 is 0.902 bits per heavy atom. The number of amides is 4. The van der Waals surface area contributed by atoms with E-state index < -0.39 is 24.1 Å². The number of ether oxygens (including phenoxy) is 1. The summed E-state index contributed by atoms with van der Waals surface area (Å²) in [6, 6.07) is 15.5. The number of hydrogen-bond acceptors (Lipinski definition) is 6. The van der Waals surface area contributed by atoms with Crippen molar-refractivity contribution in [3.63, 3.8) is 0 Å². The molecule has 4 rings (SSSR count). The first-order chi connectivity index (χ1) is 19.4. The van der Waals surface area contributed by atoms with Gasteiger partial charge < -0.3 is 31.7 Å². The molecule has 0 aliphatic carbocycles. The highest BCUT2D eigenvalue weighted by atomic mass is 19.4. The van der Waals surface area contributed by atoms with Gasteiger partial charge in [0.05, 0.1) is 5.69 Å². The number of primary amides is 1. The maximum atomic E-state index is 12.3. The quantitative estimate of drug-likeness (QED) is 0.173. The molecular formula is C27H24F3N7O4. The van der Waals surface area contributed by atoms with Crippen molar-refractivity contribution < 1.29 is 32.3 Å². The Labute approximate surface area is 231 Å². The lowest BCUT2D eigenvalue weighted by Crippen LogP contribution is -2.19. The van der Waals surface area contributed by atoms with Gasteiger partial charge in [-0.2, -0.15) is 5.10 Å². The molecular weight excluding hydrogens is 543 g/mol. The summed E-state index contributed by atoms with van der Waals surface area (Å²) < 4.78 is 40.7. The third-order valence-corrected chi connectivity index (χ3v) is 5.76. The molecule has 41 heavy (non-hydrogen) atoms. The average molecular weight is 568 g/mol. The van der Waals surface area contributed by atoms with Crippen LogP contribution in [0.5, 0.6) is 5.75 Å². The number of aryl methyl sites for hydroxylation is 1. The smallest absolute Gasteiger partial charge is 0.406 e. The predicted octanol–water partition coefficient (Wildman–Crippen LogP) is 5.13. The molecule has 14 heteroatoms. The van der Waals surface area contributed by atoms with E-state index in [1.807, 2.05) is 0 Å². The van der Waals surface area contributed by atoms with E-state index in [-0.39, 0.29) is 23.0 Å². The third-order valence-electron chi connectivity index (χ3n) is 5.76. The number of urea groups is 1. The van der Waals surface area contributed by atoms with Crippen molar-refractivity contribution in [1.29, 1.82) is 0 Å². The molecule has 4 amide bonds. The molecule has 4 aromatic rings. The molecule has 3 aromatic carbocycles. The SMILES string of the molecule is CNC(=O)c1cc(Nc2n[nH]c(-c3ccc(NC(=O)Nc4ccc(OC(F)(F)F)cc4)cc3)c2C(N)=O)ccc1C. The number of rotatable bonds is 8. The van der Waals surface area contributed by atoms with Gasteiger partial charge in [-0.3, -0.25) is 14.7 Å². The van der Waals surface area contributed by atoms with Crippen molar-refractivity contribution in [3.05, 3.63) is 83.4 Å². The van der Waals surface area contributed by atoms with Gasteiger partial charge in [0.2, 0.25) is 0 Å². The highest BCUT2D eigenvalue weighted by molar-refractivity contribution is 6.05. The lowest BCUT2D eigenvalue weighted by Gasteiger charge is -2.11. The van der Waals surface area contributed by atoms with Crippen LogP contribution >= 0.6 is 0 Å². The van der Waals surface area contributed by atoms with Crippen molar-refractivity contribution in [3.8, 4) is 17.0 Å². The van der Waals surface area contributed by atoms with Crippen molar-refractivity contribution >= 4 is 40.7 Å². The number of benzene rings is 3. The Kier molecular flexibility index (Phi) is 8.12. The van der Waals surface area contributed by atoms with E-state index in [0.717, 1.165) is 17.7 Å². The van der Waals surface area contributed by atoms with Crippen molar-refractivity contribution in [2.45, 2.75) is 13.3 Å². The Bertz CT molecular complexity index is 1580. The summed E-state index contributed by atoms with van der Waals surface area (Å²) >= 11 is 0. The summed E-state index contributed by atoms with van der Waals surface area (Å²) in [4.78, 5) is 36.8. The molecule has 0 unspecified atom stereocenters. The van der Waals surface area contributed by atoms with E-state index >= 15 is 0 Å². The zero-order valence-corrected chi connectivity index (χ0v) is 21.6. The standard InChI is InChI=1S/C27H24F3N7O4/c1-14-3-6-18(13-20(14)25(39)32-2)33-24-21(23(31)38)22(36-37-24)15-4-7-16(8-5-15)34-26(40)35-17-9-11-19(12-10-17)41-27(28,29)30/h3-13H,1-2H3,(H2,31,38)(H,32,39)(H2,33,36,37)(H2,34,35,40). The zero-order chi connectivity index (χ0) is 29.7. The van der Waals surface area contributed by atoms with Crippen molar-refractivity contribution in [2.24, 2.45) is 5.73 Å².